The maximum atomic E-state index is 5.66. The second-order valence-electron chi connectivity index (χ2n) is 1.89. The molecule has 1 heterocycles. The molecule has 0 aliphatic heterocycles. The second kappa shape index (κ2) is 3.61. The van der Waals surface area contributed by atoms with Gasteiger partial charge in [-0.05, 0) is 0 Å². The fourth-order valence-electron chi connectivity index (χ4n) is 0.634. The maximum absolute atomic E-state index is 5.66. The van der Waals surface area contributed by atoms with Crippen molar-refractivity contribution in [3.8, 4) is 0 Å². The summed E-state index contributed by atoms with van der Waals surface area (Å²) >= 11 is 5.66. The Morgan fingerprint density at radius 3 is 2.73 bits per heavy atom. The Kier molecular flexibility index (Phi) is 2.76. The summed E-state index contributed by atoms with van der Waals surface area (Å²) in [6.07, 6.45) is 2.41. The summed E-state index contributed by atoms with van der Waals surface area (Å²) in [7, 11) is 1.48. The van der Waals surface area contributed by atoms with Crippen LogP contribution in [0, 0.1) is 0 Å². The molecule has 0 saturated heterocycles. The van der Waals surface area contributed by atoms with E-state index in [1.165, 1.54) is 19.5 Å². The van der Waals surface area contributed by atoms with E-state index in [4.69, 9.17) is 22.1 Å². The number of nitrogens with two attached hydrogens (primary N) is 1. The molecule has 0 radical (unpaired) electrons. The first-order valence-electron chi connectivity index (χ1n) is 3.00. The topological polar surface area (TPSA) is 61.0 Å². The molecular weight excluding hydrogens is 166 g/mol. The predicted octanol–water partition coefficient (Wildman–Crippen LogP) is 0.734. The summed E-state index contributed by atoms with van der Waals surface area (Å²) < 4.78 is 4.81. The van der Waals surface area contributed by atoms with Crippen molar-refractivity contribution in [1.29, 1.82) is 0 Å². The first kappa shape index (κ1) is 8.39. The normalized spacial score (nSPS) is 13.0. The van der Waals surface area contributed by atoms with E-state index in [2.05, 4.69) is 9.97 Å². The number of aromatic nitrogens is 2. The third-order valence-corrected chi connectivity index (χ3v) is 1.49. The van der Waals surface area contributed by atoms with Crippen LogP contribution in [0.2, 0.25) is 5.15 Å². The number of ether oxygens (including phenoxy) is 1. The van der Waals surface area contributed by atoms with Crippen molar-refractivity contribution >= 4 is 11.6 Å². The predicted molar refractivity (Wildman–Crippen MR) is 41.0 cm³/mol. The number of hydrogen-bond donors (Lipinski definition) is 1. The number of nitrogens with zero attached hydrogens (tertiary/aromatic N) is 2. The summed E-state index contributed by atoms with van der Waals surface area (Å²) in [6, 6.07) is 0. The summed E-state index contributed by atoms with van der Waals surface area (Å²) in [5, 5.41) is 0.279. The lowest BCUT2D eigenvalue weighted by molar-refractivity contribution is 0.105. The zero-order valence-electron chi connectivity index (χ0n) is 5.99. The minimum Gasteiger partial charge on any atom is -0.361 e. The molecule has 0 aliphatic rings. The van der Waals surface area contributed by atoms with E-state index in [9.17, 15) is 0 Å². The van der Waals surface area contributed by atoms with Crippen molar-refractivity contribution in [1.82, 2.24) is 9.97 Å². The van der Waals surface area contributed by atoms with Crippen molar-refractivity contribution in [3.63, 3.8) is 0 Å². The summed E-state index contributed by atoms with van der Waals surface area (Å²) in [6.45, 7) is 0. The van der Waals surface area contributed by atoms with E-state index in [0.717, 1.165) is 0 Å². The van der Waals surface area contributed by atoms with Crippen molar-refractivity contribution in [2.75, 3.05) is 7.11 Å². The molecule has 0 amide bonds. The first-order chi connectivity index (χ1) is 5.25. The van der Waals surface area contributed by atoms with Gasteiger partial charge in [-0.25, -0.2) is 4.98 Å². The molecular formula is C6H8ClN3O. The maximum Gasteiger partial charge on any atom is 0.154 e. The van der Waals surface area contributed by atoms with Gasteiger partial charge in [0.05, 0.1) is 0 Å². The van der Waals surface area contributed by atoms with Gasteiger partial charge in [-0.2, -0.15) is 0 Å². The van der Waals surface area contributed by atoms with Crippen LogP contribution in [0.15, 0.2) is 12.4 Å². The van der Waals surface area contributed by atoms with Crippen molar-refractivity contribution < 1.29 is 4.74 Å². The van der Waals surface area contributed by atoms with Crippen LogP contribution < -0.4 is 5.73 Å². The largest absolute Gasteiger partial charge is 0.361 e. The van der Waals surface area contributed by atoms with Gasteiger partial charge in [-0.15, -0.1) is 0 Å². The Bertz CT molecular complexity index is 243. The van der Waals surface area contributed by atoms with Crippen LogP contribution in [0.4, 0.5) is 0 Å². The fourth-order valence-corrected chi connectivity index (χ4v) is 0.847. The van der Waals surface area contributed by atoms with E-state index in [0.29, 0.717) is 5.69 Å². The Labute approximate surface area is 69.4 Å². The molecule has 0 saturated carbocycles. The highest BCUT2D eigenvalue weighted by Crippen LogP contribution is 2.15. The van der Waals surface area contributed by atoms with E-state index < -0.39 is 6.23 Å². The van der Waals surface area contributed by atoms with Gasteiger partial charge in [-0.3, -0.25) is 4.98 Å². The van der Waals surface area contributed by atoms with Crippen LogP contribution in [0.1, 0.15) is 11.9 Å². The van der Waals surface area contributed by atoms with Gasteiger partial charge >= 0.3 is 0 Å². The standard InChI is InChI=1S/C6H8ClN3O/c1-11-6(8)4-5(7)10-3-2-9-4/h2-3,6H,8H2,1H3. The summed E-state index contributed by atoms with van der Waals surface area (Å²) in [5.74, 6) is 0. The minimum atomic E-state index is -0.601. The van der Waals surface area contributed by atoms with Crippen LogP contribution in [-0.4, -0.2) is 17.1 Å². The zero-order valence-corrected chi connectivity index (χ0v) is 6.75. The minimum absolute atomic E-state index is 0.279. The Morgan fingerprint density at radius 2 is 2.18 bits per heavy atom. The van der Waals surface area contributed by atoms with E-state index in [1.54, 1.807) is 0 Å². The molecule has 1 atom stereocenters. The molecule has 1 aromatic rings. The Morgan fingerprint density at radius 1 is 1.55 bits per heavy atom. The first-order valence-corrected chi connectivity index (χ1v) is 3.38. The van der Waals surface area contributed by atoms with E-state index in [1.807, 2.05) is 0 Å². The van der Waals surface area contributed by atoms with E-state index >= 15 is 0 Å². The van der Waals surface area contributed by atoms with Crippen LogP contribution >= 0.6 is 11.6 Å². The molecule has 5 heteroatoms. The molecule has 0 aliphatic carbocycles. The molecule has 0 spiro atoms. The highest BCUT2D eigenvalue weighted by atomic mass is 35.5. The molecule has 0 bridgehead atoms. The highest BCUT2D eigenvalue weighted by molar-refractivity contribution is 6.30. The highest BCUT2D eigenvalue weighted by Gasteiger charge is 2.09. The number of halogens is 1. The molecule has 60 valence electrons. The van der Waals surface area contributed by atoms with Crippen LogP contribution in [0.25, 0.3) is 0 Å². The molecule has 2 N–H and O–H groups in total. The van der Waals surface area contributed by atoms with Gasteiger partial charge in [-0.1, -0.05) is 11.6 Å². The van der Waals surface area contributed by atoms with Crippen LogP contribution in [0.5, 0.6) is 0 Å². The van der Waals surface area contributed by atoms with Gasteiger partial charge in [0.15, 0.2) is 11.4 Å². The van der Waals surface area contributed by atoms with Gasteiger partial charge in [0.25, 0.3) is 0 Å². The van der Waals surface area contributed by atoms with Crippen LogP contribution in [-0.2, 0) is 4.74 Å². The van der Waals surface area contributed by atoms with E-state index in [-0.39, 0.29) is 5.15 Å². The molecule has 11 heavy (non-hydrogen) atoms. The average Bonchev–Trinajstić information content (AvgIpc) is 2.04. The summed E-state index contributed by atoms with van der Waals surface area (Å²) in [4.78, 5) is 7.70. The lowest BCUT2D eigenvalue weighted by Crippen LogP contribution is -2.14. The molecule has 0 aromatic carbocycles. The zero-order chi connectivity index (χ0) is 8.27. The monoisotopic (exact) mass is 173 g/mol. The molecule has 0 fully saturated rings. The van der Waals surface area contributed by atoms with Crippen molar-refractivity contribution in [2.45, 2.75) is 6.23 Å². The second-order valence-corrected chi connectivity index (χ2v) is 2.25. The summed E-state index contributed by atoms with van der Waals surface area (Å²) in [5.41, 5.74) is 5.94. The van der Waals surface area contributed by atoms with Crippen LogP contribution in [0.3, 0.4) is 0 Å². The van der Waals surface area contributed by atoms with Gasteiger partial charge in [0.1, 0.15) is 5.69 Å². The van der Waals surface area contributed by atoms with Crippen molar-refractivity contribution in [3.05, 3.63) is 23.2 Å². The smallest absolute Gasteiger partial charge is 0.154 e. The molecule has 1 rings (SSSR count). The lowest BCUT2D eigenvalue weighted by atomic mass is 10.4. The average molecular weight is 174 g/mol. The fraction of sp³-hybridized carbons (Fsp3) is 0.333. The SMILES string of the molecule is COC(N)c1nccnc1Cl. The number of rotatable bonds is 2. The van der Waals surface area contributed by atoms with Crippen molar-refractivity contribution in [2.24, 2.45) is 5.73 Å². The lowest BCUT2D eigenvalue weighted by Gasteiger charge is -2.08. The third kappa shape index (κ3) is 1.86. The van der Waals surface area contributed by atoms with Gasteiger partial charge < -0.3 is 10.5 Å². The molecule has 1 aromatic heterocycles. The Balaban J connectivity index is 2.93. The van der Waals surface area contributed by atoms with Gasteiger partial charge in [0, 0.05) is 19.5 Å². The van der Waals surface area contributed by atoms with Gasteiger partial charge in [0.2, 0.25) is 0 Å². The third-order valence-electron chi connectivity index (χ3n) is 1.20. The molecule has 4 nitrogen and oxygen atoms in total. The number of methoxy groups -OCH3 is 1. The Hall–Kier alpha value is -0.710. The molecule has 1 unspecified atom stereocenters. The number of hydrogen-bond acceptors (Lipinski definition) is 4. The quantitative estimate of drug-likeness (QED) is 0.670.